The highest BCUT2D eigenvalue weighted by atomic mass is 32.1. The van der Waals surface area contributed by atoms with Crippen LogP contribution in [0.4, 0.5) is 0 Å². The average molecular weight is 362 g/mol. The molecule has 1 aromatic heterocycles. The molecule has 3 aliphatic rings. The van der Waals surface area contributed by atoms with Gasteiger partial charge in [0.1, 0.15) is 6.04 Å². The van der Waals surface area contributed by atoms with E-state index in [4.69, 9.17) is 0 Å². The van der Waals surface area contributed by atoms with Gasteiger partial charge in [-0.3, -0.25) is 15.0 Å². The van der Waals surface area contributed by atoms with E-state index in [1.807, 2.05) is 29.3 Å². The summed E-state index contributed by atoms with van der Waals surface area (Å²) >= 11 is 1.66. The molecule has 3 fully saturated rings. The van der Waals surface area contributed by atoms with E-state index >= 15 is 0 Å². The second-order valence-electron chi connectivity index (χ2n) is 7.19. The van der Waals surface area contributed by atoms with Crippen molar-refractivity contribution < 1.29 is 9.59 Å². The van der Waals surface area contributed by atoms with Gasteiger partial charge in [0.15, 0.2) is 0 Å². The first-order valence-electron chi connectivity index (χ1n) is 9.31. The lowest BCUT2D eigenvalue weighted by molar-refractivity contribution is -0.155. The number of hydrazine groups is 1. The van der Waals surface area contributed by atoms with Crippen molar-refractivity contribution in [2.75, 3.05) is 13.1 Å². The van der Waals surface area contributed by atoms with Crippen LogP contribution in [0.1, 0.15) is 37.5 Å². The van der Waals surface area contributed by atoms with Crippen LogP contribution in [0.3, 0.4) is 0 Å². The molecule has 2 amide bonds. The molecular formula is C18H26N4O2S. The van der Waals surface area contributed by atoms with Crippen molar-refractivity contribution in [1.82, 2.24) is 20.7 Å². The molecule has 7 heteroatoms. The van der Waals surface area contributed by atoms with E-state index in [1.165, 1.54) is 4.88 Å². The Morgan fingerprint density at radius 3 is 3.00 bits per heavy atom. The topological polar surface area (TPSA) is 64.7 Å². The van der Waals surface area contributed by atoms with E-state index in [1.54, 1.807) is 11.3 Å². The van der Waals surface area contributed by atoms with Crippen molar-refractivity contribution >= 4 is 23.2 Å². The van der Waals surface area contributed by atoms with Gasteiger partial charge in [0, 0.05) is 36.0 Å². The number of fused-ring (bicyclic) bond motifs is 3. The van der Waals surface area contributed by atoms with Gasteiger partial charge >= 0.3 is 0 Å². The summed E-state index contributed by atoms with van der Waals surface area (Å²) in [6.07, 6.45) is 3.53. The summed E-state index contributed by atoms with van der Waals surface area (Å²) in [5, 5.41) is 7.30. The summed E-state index contributed by atoms with van der Waals surface area (Å²) in [7, 11) is 0. The number of nitrogens with zero attached hydrogens (tertiary/aromatic N) is 2. The lowest BCUT2D eigenvalue weighted by Gasteiger charge is -2.51. The lowest BCUT2D eigenvalue weighted by Crippen LogP contribution is -2.68. The quantitative estimate of drug-likeness (QED) is 0.849. The Kier molecular flexibility index (Phi) is 4.80. The van der Waals surface area contributed by atoms with Gasteiger partial charge < -0.3 is 10.2 Å². The van der Waals surface area contributed by atoms with E-state index in [0.29, 0.717) is 12.6 Å². The summed E-state index contributed by atoms with van der Waals surface area (Å²) in [6, 6.07) is 4.52. The molecule has 0 radical (unpaired) electrons. The molecular weight excluding hydrogens is 336 g/mol. The zero-order valence-corrected chi connectivity index (χ0v) is 15.4. The van der Waals surface area contributed by atoms with Gasteiger partial charge in [-0.1, -0.05) is 6.07 Å². The molecule has 0 bridgehead atoms. The highest BCUT2D eigenvalue weighted by Crippen LogP contribution is 2.37. The molecule has 1 saturated carbocycles. The molecule has 136 valence electrons. The SMILES string of the molecule is CCN1C(=O)C2CCNN2C2CCC(C(=O)NCc3cccs3)CC21. The Balaban J connectivity index is 1.43. The van der Waals surface area contributed by atoms with Crippen molar-refractivity contribution in [3.05, 3.63) is 22.4 Å². The van der Waals surface area contributed by atoms with Gasteiger partial charge in [-0.15, -0.1) is 11.3 Å². The second-order valence-corrected chi connectivity index (χ2v) is 8.22. The largest absolute Gasteiger partial charge is 0.351 e. The number of amides is 2. The van der Waals surface area contributed by atoms with Crippen molar-refractivity contribution in [2.45, 2.75) is 57.3 Å². The van der Waals surface area contributed by atoms with Crippen LogP contribution in [-0.2, 0) is 16.1 Å². The minimum absolute atomic E-state index is 0.00205. The predicted octanol–water partition coefficient (Wildman–Crippen LogP) is 1.34. The van der Waals surface area contributed by atoms with Crippen LogP contribution in [0.2, 0.25) is 0 Å². The van der Waals surface area contributed by atoms with Gasteiger partial charge in [-0.25, -0.2) is 5.01 Å². The summed E-state index contributed by atoms with van der Waals surface area (Å²) < 4.78 is 0. The fourth-order valence-electron chi connectivity index (χ4n) is 4.68. The van der Waals surface area contributed by atoms with Gasteiger partial charge in [0.2, 0.25) is 11.8 Å². The third kappa shape index (κ3) is 3.09. The van der Waals surface area contributed by atoms with Crippen molar-refractivity contribution in [3.63, 3.8) is 0 Å². The summed E-state index contributed by atoms with van der Waals surface area (Å²) in [5.41, 5.74) is 3.41. The lowest BCUT2D eigenvalue weighted by atomic mass is 9.78. The number of carbonyl (C=O) groups is 2. The number of hydrogen-bond donors (Lipinski definition) is 2. The van der Waals surface area contributed by atoms with Crippen LogP contribution < -0.4 is 10.7 Å². The minimum atomic E-state index is -0.00888. The molecule has 6 nitrogen and oxygen atoms in total. The van der Waals surface area contributed by atoms with Gasteiger partial charge in [0.25, 0.3) is 0 Å². The Hall–Kier alpha value is -1.44. The first-order chi connectivity index (χ1) is 12.2. The van der Waals surface area contributed by atoms with Crippen LogP contribution in [-0.4, -0.2) is 52.9 Å². The Morgan fingerprint density at radius 1 is 1.36 bits per heavy atom. The molecule has 3 heterocycles. The average Bonchev–Trinajstić information content (AvgIpc) is 3.31. The van der Waals surface area contributed by atoms with Gasteiger partial charge in [0.05, 0.1) is 6.54 Å². The zero-order valence-electron chi connectivity index (χ0n) is 14.6. The number of likely N-dealkylation sites (N-methyl/N-ethyl adjacent to an activating group) is 1. The maximum atomic E-state index is 12.8. The molecule has 4 unspecified atom stereocenters. The second kappa shape index (κ2) is 7.05. The van der Waals surface area contributed by atoms with E-state index in [9.17, 15) is 9.59 Å². The smallest absolute Gasteiger partial charge is 0.241 e. The van der Waals surface area contributed by atoms with Crippen LogP contribution >= 0.6 is 11.3 Å². The van der Waals surface area contributed by atoms with E-state index in [0.717, 1.165) is 38.8 Å². The molecule has 4 atom stereocenters. The van der Waals surface area contributed by atoms with Gasteiger partial charge in [-0.2, -0.15) is 0 Å². The molecule has 0 aromatic carbocycles. The standard InChI is InChI=1S/C18H26N4O2S/c1-2-21-16-10-12(17(23)19-11-13-4-3-9-25-13)5-6-14(16)22-15(18(21)24)7-8-20-22/h3-4,9,12,14-16,20H,2,5-8,10-11H2,1H3,(H,19,23). The molecule has 1 aromatic rings. The Labute approximate surface area is 152 Å². The molecule has 2 N–H and O–H groups in total. The van der Waals surface area contributed by atoms with Crippen molar-refractivity contribution in [3.8, 4) is 0 Å². The fraction of sp³-hybridized carbons (Fsp3) is 0.667. The number of rotatable bonds is 4. The van der Waals surface area contributed by atoms with Crippen molar-refractivity contribution in [1.29, 1.82) is 0 Å². The fourth-order valence-corrected chi connectivity index (χ4v) is 5.32. The monoisotopic (exact) mass is 362 g/mol. The maximum absolute atomic E-state index is 12.8. The summed E-state index contributed by atoms with van der Waals surface area (Å²) in [4.78, 5) is 28.6. The van der Waals surface area contributed by atoms with Gasteiger partial charge in [-0.05, 0) is 44.1 Å². The highest BCUT2D eigenvalue weighted by Gasteiger charge is 2.50. The molecule has 1 aliphatic carbocycles. The third-order valence-corrected chi connectivity index (χ3v) is 6.76. The van der Waals surface area contributed by atoms with Crippen LogP contribution in [0.5, 0.6) is 0 Å². The summed E-state index contributed by atoms with van der Waals surface area (Å²) in [5.74, 6) is 0.363. The maximum Gasteiger partial charge on any atom is 0.241 e. The molecule has 2 saturated heterocycles. The first kappa shape index (κ1) is 17.0. The van der Waals surface area contributed by atoms with Crippen LogP contribution in [0, 0.1) is 5.92 Å². The number of carbonyl (C=O) groups excluding carboxylic acids is 2. The molecule has 0 spiro atoms. The Bertz CT molecular complexity index is 635. The normalized spacial score (nSPS) is 32.4. The zero-order chi connectivity index (χ0) is 17.4. The molecule has 2 aliphatic heterocycles. The number of nitrogens with one attached hydrogen (secondary N) is 2. The van der Waals surface area contributed by atoms with Crippen LogP contribution in [0.25, 0.3) is 0 Å². The number of hydrogen-bond acceptors (Lipinski definition) is 5. The number of piperazine rings is 1. The summed E-state index contributed by atoms with van der Waals surface area (Å²) in [6.45, 7) is 4.26. The van der Waals surface area contributed by atoms with E-state index in [-0.39, 0.29) is 29.8 Å². The van der Waals surface area contributed by atoms with Crippen molar-refractivity contribution in [2.24, 2.45) is 5.92 Å². The highest BCUT2D eigenvalue weighted by molar-refractivity contribution is 7.09. The predicted molar refractivity (Wildman–Crippen MR) is 96.7 cm³/mol. The third-order valence-electron chi connectivity index (χ3n) is 5.88. The minimum Gasteiger partial charge on any atom is -0.351 e. The van der Waals surface area contributed by atoms with Crippen LogP contribution in [0.15, 0.2) is 17.5 Å². The number of thiophene rings is 1. The molecule has 4 rings (SSSR count). The van der Waals surface area contributed by atoms with E-state index < -0.39 is 0 Å². The van der Waals surface area contributed by atoms with E-state index in [2.05, 4.69) is 15.8 Å². The molecule has 25 heavy (non-hydrogen) atoms. The Morgan fingerprint density at radius 2 is 2.24 bits per heavy atom. The first-order valence-corrected chi connectivity index (χ1v) is 10.2.